The summed E-state index contributed by atoms with van der Waals surface area (Å²) in [6.45, 7) is 18.0. The number of ketones is 1. The zero-order valence-electron chi connectivity index (χ0n) is 29.1. The summed E-state index contributed by atoms with van der Waals surface area (Å²) in [7, 11) is -3.42. The van der Waals surface area contributed by atoms with E-state index in [2.05, 4.69) is 16.0 Å². The minimum absolute atomic E-state index is 0.0549. The van der Waals surface area contributed by atoms with Crippen molar-refractivity contribution in [3.05, 3.63) is 0 Å². The number of carbonyl (C=O) groups excluding carboxylic acids is 5. The van der Waals surface area contributed by atoms with Crippen LogP contribution in [0.15, 0.2) is 0 Å². The van der Waals surface area contributed by atoms with Gasteiger partial charge in [-0.25, -0.2) is 13.2 Å². The van der Waals surface area contributed by atoms with Crippen LogP contribution < -0.4 is 21.7 Å². The highest BCUT2D eigenvalue weighted by molar-refractivity contribution is 7.89. The van der Waals surface area contributed by atoms with Crippen molar-refractivity contribution in [1.29, 1.82) is 0 Å². The van der Waals surface area contributed by atoms with E-state index in [0.29, 0.717) is 25.9 Å². The van der Waals surface area contributed by atoms with Gasteiger partial charge < -0.3 is 26.6 Å². The number of nitrogens with two attached hydrogens (primary N) is 1. The molecule has 2 heterocycles. The van der Waals surface area contributed by atoms with Gasteiger partial charge >= 0.3 is 6.03 Å². The van der Waals surface area contributed by atoms with Gasteiger partial charge in [0.05, 0.1) is 11.8 Å². The van der Waals surface area contributed by atoms with Crippen LogP contribution in [-0.2, 0) is 29.2 Å². The minimum atomic E-state index is -3.42. The lowest BCUT2D eigenvalue weighted by Crippen LogP contribution is -2.63. The normalized spacial score (nSPS) is 25.8. The van der Waals surface area contributed by atoms with Crippen molar-refractivity contribution in [1.82, 2.24) is 25.2 Å². The lowest BCUT2D eigenvalue weighted by atomic mass is 9.85. The highest BCUT2D eigenvalue weighted by Gasteiger charge is 2.70. The van der Waals surface area contributed by atoms with Crippen LogP contribution >= 0.6 is 0 Å². The Morgan fingerprint density at radius 2 is 1.59 bits per heavy atom. The van der Waals surface area contributed by atoms with Crippen LogP contribution in [-0.4, -0.2) is 96.7 Å². The quantitative estimate of drug-likeness (QED) is 0.228. The lowest BCUT2D eigenvalue weighted by molar-refractivity contribution is -0.145. The number of likely N-dealkylation sites (tertiary alicyclic amines) is 1. The molecule has 0 bridgehead atoms. The number of piperidine rings is 1. The van der Waals surface area contributed by atoms with Crippen LogP contribution in [0.5, 0.6) is 0 Å². The molecule has 0 radical (unpaired) electrons. The molecule has 0 spiro atoms. The van der Waals surface area contributed by atoms with Gasteiger partial charge in [0.25, 0.3) is 5.91 Å². The number of hydrogen-bond acceptors (Lipinski definition) is 7. The van der Waals surface area contributed by atoms with Crippen molar-refractivity contribution >= 4 is 39.6 Å². The van der Waals surface area contributed by atoms with Crippen molar-refractivity contribution in [2.75, 3.05) is 25.4 Å². The number of unbranched alkanes of at least 4 members (excludes halogenated alkanes) is 1. The monoisotopic (exact) mass is 668 g/mol. The third-order valence-electron chi connectivity index (χ3n) is 10.1. The topological polar surface area (TPSA) is 188 Å². The first kappa shape index (κ1) is 37.7. The zero-order chi connectivity index (χ0) is 35.0. The summed E-state index contributed by atoms with van der Waals surface area (Å²) in [6, 6.07) is -4.15. The second-order valence-electron chi connectivity index (χ2n) is 16.0. The molecule has 3 fully saturated rings. The standard InChI is InChI=1S/C32H56N6O7S/c1-10-11-14-20(24(39)26(33)40)34-27(41)23-22-19(32(22,8)9)17-38(23)28(42)25(31(5,6)7)36-29(43)35-21(30(2,3)4)18-37-15-12-13-16-46(37,44)45/h19-23,25H,10-18H2,1-9H3,(H2,33,40)(H,34,41)(H2,35,36,43)/t19-,20?,21+,22-,23-,25+/m0/s1. The Morgan fingerprint density at radius 1 is 0.957 bits per heavy atom. The number of fused-ring (bicyclic) bond motifs is 1. The molecule has 6 atom stereocenters. The maximum absolute atomic E-state index is 14.3. The first-order valence-electron chi connectivity index (χ1n) is 16.5. The Labute approximate surface area is 274 Å². The number of urea groups is 1. The Morgan fingerprint density at radius 3 is 2.11 bits per heavy atom. The average Bonchev–Trinajstić information content (AvgIpc) is 3.25. The van der Waals surface area contributed by atoms with Crippen LogP contribution in [0.4, 0.5) is 4.79 Å². The van der Waals surface area contributed by atoms with Crippen molar-refractivity contribution in [3.63, 3.8) is 0 Å². The van der Waals surface area contributed by atoms with Gasteiger partial charge in [-0.2, -0.15) is 4.31 Å². The van der Waals surface area contributed by atoms with Gasteiger partial charge in [-0.05, 0) is 47.3 Å². The maximum atomic E-state index is 14.3. The third-order valence-corrected chi connectivity index (χ3v) is 12.0. The molecule has 1 saturated carbocycles. The fourth-order valence-electron chi connectivity index (χ4n) is 6.85. The molecule has 46 heavy (non-hydrogen) atoms. The molecule has 2 aliphatic heterocycles. The van der Waals surface area contributed by atoms with Crippen LogP contribution in [0, 0.1) is 28.1 Å². The summed E-state index contributed by atoms with van der Waals surface area (Å²) in [6.07, 6.45) is 2.95. The SMILES string of the molecule is CCCCC(NC(=O)[C@@H]1[C@@H]2[C@H](CN1C(=O)[C@@H](NC(=O)N[C@H](CN1CCCCS1(=O)=O)C(C)(C)C)C(C)(C)C)C2(C)C)C(=O)C(N)=O. The van der Waals surface area contributed by atoms with E-state index in [9.17, 15) is 32.4 Å². The molecule has 1 unspecified atom stereocenters. The summed E-state index contributed by atoms with van der Waals surface area (Å²) in [4.78, 5) is 67.4. The lowest BCUT2D eigenvalue weighted by Gasteiger charge is -2.39. The Kier molecular flexibility index (Phi) is 11.3. The highest BCUT2D eigenvalue weighted by Crippen LogP contribution is 2.65. The van der Waals surface area contributed by atoms with Gasteiger partial charge in [-0.15, -0.1) is 0 Å². The van der Waals surface area contributed by atoms with E-state index >= 15 is 0 Å². The Balaban J connectivity index is 1.83. The first-order valence-corrected chi connectivity index (χ1v) is 18.1. The second-order valence-corrected chi connectivity index (χ2v) is 18.1. The van der Waals surface area contributed by atoms with E-state index in [1.807, 2.05) is 62.3 Å². The molecule has 262 valence electrons. The van der Waals surface area contributed by atoms with Crippen LogP contribution in [0.1, 0.15) is 94.4 Å². The number of primary amides is 1. The highest BCUT2D eigenvalue weighted by atomic mass is 32.2. The number of nitrogens with zero attached hydrogens (tertiary/aromatic N) is 2. The van der Waals surface area contributed by atoms with Crippen molar-refractivity contribution in [2.24, 2.45) is 33.8 Å². The predicted molar refractivity (Wildman–Crippen MR) is 175 cm³/mol. The summed E-state index contributed by atoms with van der Waals surface area (Å²) >= 11 is 0. The molecule has 14 heteroatoms. The summed E-state index contributed by atoms with van der Waals surface area (Å²) in [5, 5.41) is 8.51. The molecule has 2 saturated heterocycles. The number of nitrogens with one attached hydrogen (secondary N) is 3. The van der Waals surface area contributed by atoms with E-state index in [1.54, 1.807) is 0 Å². The maximum Gasteiger partial charge on any atom is 0.315 e. The van der Waals surface area contributed by atoms with Crippen LogP contribution in [0.2, 0.25) is 0 Å². The van der Waals surface area contributed by atoms with Crippen molar-refractivity contribution in [3.8, 4) is 0 Å². The molecule has 5 N–H and O–H groups in total. The average molecular weight is 669 g/mol. The Bertz CT molecular complexity index is 1300. The molecule has 3 rings (SSSR count). The largest absolute Gasteiger partial charge is 0.363 e. The van der Waals surface area contributed by atoms with Gasteiger partial charge in [-0.3, -0.25) is 19.2 Å². The molecule has 0 aromatic carbocycles. The molecule has 1 aliphatic carbocycles. The third kappa shape index (κ3) is 8.39. The number of rotatable bonds is 12. The summed E-state index contributed by atoms with van der Waals surface area (Å²) < 4.78 is 26.8. The van der Waals surface area contributed by atoms with Crippen molar-refractivity contribution in [2.45, 2.75) is 119 Å². The van der Waals surface area contributed by atoms with Gasteiger partial charge in [0.15, 0.2) is 0 Å². The summed E-state index contributed by atoms with van der Waals surface area (Å²) in [5.74, 6) is -2.97. The predicted octanol–water partition coefficient (Wildman–Crippen LogP) is 1.75. The van der Waals surface area contributed by atoms with E-state index in [0.717, 1.165) is 12.8 Å². The van der Waals surface area contributed by atoms with Crippen LogP contribution in [0.3, 0.4) is 0 Å². The fraction of sp³-hybridized carbons (Fsp3) is 0.844. The van der Waals surface area contributed by atoms with Crippen molar-refractivity contribution < 1.29 is 32.4 Å². The zero-order valence-corrected chi connectivity index (χ0v) is 29.9. The number of Topliss-reactive ketones (excluding diaryl/α,β-unsaturated/α-hetero) is 1. The summed E-state index contributed by atoms with van der Waals surface area (Å²) in [5.41, 5.74) is 3.82. The molecule has 3 aliphatic rings. The molecular formula is C32H56N6O7S. The van der Waals surface area contributed by atoms with E-state index in [1.165, 1.54) is 9.21 Å². The van der Waals surface area contributed by atoms with Gasteiger partial charge in [0.1, 0.15) is 12.1 Å². The van der Waals surface area contributed by atoms with E-state index in [4.69, 9.17) is 5.73 Å². The number of carbonyl (C=O) groups is 5. The van der Waals surface area contributed by atoms with Gasteiger partial charge in [0, 0.05) is 25.7 Å². The Hall–Kier alpha value is -2.74. The number of sulfonamides is 1. The molecule has 13 nitrogen and oxygen atoms in total. The smallest absolute Gasteiger partial charge is 0.315 e. The molecular weight excluding hydrogens is 612 g/mol. The van der Waals surface area contributed by atoms with E-state index < -0.39 is 74.6 Å². The minimum Gasteiger partial charge on any atom is -0.363 e. The fourth-order valence-corrected chi connectivity index (χ4v) is 8.46. The van der Waals surface area contributed by atoms with E-state index in [-0.39, 0.29) is 36.0 Å². The first-order chi connectivity index (χ1) is 21.0. The molecule has 0 aromatic heterocycles. The van der Waals surface area contributed by atoms with Gasteiger partial charge in [0.2, 0.25) is 27.6 Å². The molecule has 0 aromatic rings. The van der Waals surface area contributed by atoms with Gasteiger partial charge in [-0.1, -0.05) is 75.2 Å². The number of amides is 5. The molecule has 5 amide bonds. The number of hydrogen-bond donors (Lipinski definition) is 4. The second kappa shape index (κ2) is 13.8. The van der Waals surface area contributed by atoms with Crippen LogP contribution in [0.25, 0.3) is 0 Å².